The molecule has 0 aliphatic carbocycles. The van der Waals surface area contributed by atoms with Crippen LogP contribution in [0.25, 0.3) is 0 Å². The molecule has 1 atom stereocenters. The molecule has 1 aliphatic heterocycles. The third-order valence-electron chi connectivity index (χ3n) is 3.86. The Hall–Kier alpha value is -3.02. The summed E-state index contributed by atoms with van der Waals surface area (Å²) >= 11 is 0. The topological polar surface area (TPSA) is 63.7 Å². The molecule has 6 heteroatoms. The zero-order valence-electron chi connectivity index (χ0n) is 12.9. The van der Waals surface area contributed by atoms with Crippen LogP contribution in [0.1, 0.15) is 45.5 Å². The maximum absolute atomic E-state index is 13.7. The minimum Gasteiger partial charge on any atom is -0.330 e. The molecule has 24 heavy (non-hydrogen) atoms. The van der Waals surface area contributed by atoms with Crippen LogP contribution in [0.5, 0.6) is 0 Å². The number of amides is 2. The minimum absolute atomic E-state index is 0.158. The van der Waals surface area contributed by atoms with Gasteiger partial charge in [-0.2, -0.15) is 0 Å². The van der Waals surface area contributed by atoms with Gasteiger partial charge in [-0.15, -0.1) is 0 Å². The van der Waals surface area contributed by atoms with Gasteiger partial charge in [-0.1, -0.05) is 42.3 Å². The highest BCUT2D eigenvalue weighted by atomic mass is 19.1. The summed E-state index contributed by atoms with van der Waals surface area (Å²) in [6, 6.07) is 12.3. The van der Waals surface area contributed by atoms with Crippen molar-refractivity contribution in [2.45, 2.75) is 19.3 Å². The number of hydrogen-bond acceptors (Lipinski definition) is 4. The second-order valence-corrected chi connectivity index (χ2v) is 5.54. The Kier molecular flexibility index (Phi) is 4.12. The number of halogens is 1. The van der Waals surface area contributed by atoms with Crippen LogP contribution >= 0.6 is 0 Å². The number of fused-ring (bicyclic) bond motifs is 1. The van der Waals surface area contributed by atoms with E-state index in [1.54, 1.807) is 37.3 Å². The van der Waals surface area contributed by atoms with Gasteiger partial charge in [0.15, 0.2) is 0 Å². The minimum atomic E-state index is -0.778. The third kappa shape index (κ3) is 2.78. The van der Waals surface area contributed by atoms with Gasteiger partial charge in [-0.05, 0) is 29.7 Å². The van der Waals surface area contributed by atoms with Crippen molar-refractivity contribution < 1.29 is 23.6 Å². The summed E-state index contributed by atoms with van der Waals surface area (Å²) in [6.07, 6.45) is -0.158. The number of carbonyl (C=O) groups excluding carboxylic acids is 3. The quantitative estimate of drug-likeness (QED) is 0.810. The smallest absolute Gasteiger partial charge is 0.330 e. The fourth-order valence-corrected chi connectivity index (χ4v) is 2.62. The van der Waals surface area contributed by atoms with Crippen molar-refractivity contribution in [1.29, 1.82) is 0 Å². The monoisotopic (exact) mass is 327 g/mol. The lowest BCUT2D eigenvalue weighted by atomic mass is 9.97. The number of rotatable bonds is 4. The average Bonchev–Trinajstić information content (AvgIpc) is 2.80. The zero-order valence-corrected chi connectivity index (χ0v) is 12.9. The number of hydrogen-bond donors (Lipinski definition) is 0. The number of benzene rings is 2. The van der Waals surface area contributed by atoms with E-state index < -0.39 is 29.5 Å². The summed E-state index contributed by atoms with van der Waals surface area (Å²) in [5.41, 5.74) is 0.756. The van der Waals surface area contributed by atoms with E-state index in [9.17, 15) is 18.8 Å². The molecule has 0 bridgehead atoms. The third-order valence-corrected chi connectivity index (χ3v) is 3.86. The van der Waals surface area contributed by atoms with Crippen molar-refractivity contribution in [2.75, 3.05) is 0 Å². The number of hydroxylamine groups is 2. The molecule has 0 N–H and O–H groups in total. The predicted molar refractivity (Wildman–Crippen MR) is 82.5 cm³/mol. The van der Waals surface area contributed by atoms with Crippen LogP contribution in [0.4, 0.5) is 4.39 Å². The Balaban J connectivity index is 1.69. The molecule has 1 unspecified atom stereocenters. The van der Waals surface area contributed by atoms with E-state index in [1.165, 1.54) is 18.2 Å². The standard InChI is InChI=1S/C18H14FNO4/c1-11(12-6-4-5-9-15(12)19)10-16(21)24-20-17(22)13-7-2-3-8-14(13)18(20)23/h2-9,11H,10H2,1H3. The van der Waals surface area contributed by atoms with E-state index in [0.717, 1.165) is 0 Å². The van der Waals surface area contributed by atoms with Crippen molar-refractivity contribution >= 4 is 17.8 Å². The SMILES string of the molecule is CC(CC(=O)ON1C(=O)c2ccccc2C1=O)c1ccccc1F. The maximum Gasteiger partial charge on any atom is 0.333 e. The van der Waals surface area contributed by atoms with Crippen LogP contribution in [-0.2, 0) is 9.63 Å². The van der Waals surface area contributed by atoms with Crippen LogP contribution < -0.4 is 0 Å². The summed E-state index contributed by atoms with van der Waals surface area (Å²) < 4.78 is 13.7. The highest BCUT2D eigenvalue weighted by Gasteiger charge is 2.38. The van der Waals surface area contributed by atoms with Crippen LogP contribution in [-0.4, -0.2) is 22.8 Å². The van der Waals surface area contributed by atoms with E-state index in [-0.39, 0.29) is 17.5 Å². The van der Waals surface area contributed by atoms with Crippen LogP contribution in [0.3, 0.4) is 0 Å². The van der Waals surface area contributed by atoms with Crippen molar-refractivity contribution in [3.05, 3.63) is 71.0 Å². The van der Waals surface area contributed by atoms with Gasteiger partial charge < -0.3 is 4.84 Å². The molecule has 0 fully saturated rings. The Labute approximate surface area is 137 Å². The molecule has 5 nitrogen and oxygen atoms in total. The largest absolute Gasteiger partial charge is 0.333 e. The molecular weight excluding hydrogens is 313 g/mol. The first-order chi connectivity index (χ1) is 11.5. The maximum atomic E-state index is 13.7. The molecule has 1 heterocycles. The first-order valence-electron chi connectivity index (χ1n) is 7.42. The van der Waals surface area contributed by atoms with Gasteiger partial charge in [0.1, 0.15) is 5.82 Å². The molecule has 3 rings (SSSR count). The van der Waals surface area contributed by atoms with Crippen molar-refractivity contribution in [2.24, 2.45) is 0 Å². The summed E-state index contributed by atoms with van der Waals surface area (Å²) in [4.78, 5) is 41.2. The lowest BCUT2D eigenvalue weighted by molar-refractivity contribution is -0.168. The lowest BCUT2D eigenvalue weighted by Gasteiger charge is -2.15. The highest BCUT2D eigenvalue weighted by Crippen LogP contribution is 2.25. The molecule has 0 spiro atoms. The van der Waals surface area contributed by atoms with E-state index in [2.05, 4.69) is 0 Å². The second-order valence-electron chi connectivity index (χ2n) is 5.54. The fraction of sp³-hybridized carbons (Fsp3) is 0.167. The van der Waals surface area contributed by atoms with Gasteiger partial charge in [0.25, 0.3) is 11.8 Å². The van der Waals surface area contributed by atoms with Crippen molar-refractivity contribution in [3.8, 4) is 0 Å². The molecular formula is C18H14FNO4. The molecule has 0 saturated carbocycles. The molecule has 1 aliphatic rings. The van der Waals surface area contributed by atoms with E-state index in [1.807, 2.05) is 0 Å². The first-order valence-corrected chi connectivity index (χ1v) is 7.42. The number of carbonyl (C=O) groups is 3. The van der Waals surface area contributed by atoms with Gasteiger partial charge in [0, 0.05) is 0 Å². The van der Waals surface area contributed by atoms with E-state index in [4.69, 9.17) is 4.84 Å². The number of imide groups is 1. The van der Waals surface area contributed by atoms with E-state index in [0.29, 0.717) is 10.6 Å². The number of nitrogens with zero attached hydrogens (tertiary/aromatic N) is 1. The Morgan fingerprint density at radius 2 is 1.58 bits per heavy atom. The van der Waals surface area contributed by atoms with Gasteiger partial charge in [-0.3, -0.25) is 9.59 Å². The molecule has 2 aromatic carbocycles. The highest BCUT2D eigenvalue weighted by molar-refractivity contribution is 6.20. The molecule has 122 valence electrons. The average molecular weight is 327 g/mol. The predicted octanol–water partition coefficient (Wildman–Crippen LogP) is 3.07. The van der Waals surface area contributed by atoms with E-state index >= 15 is 0 Å². The lowest BCUT2D eigenvalue weighted by Crippen LogP contribution is -2.33. The van der Waals surface area contributed by atoms with Crippen molar-refractivity contribution in [1.82, 2.24) is 5.06 Å². The van der Waals surface area contributed by atoms with Crippen LogP contribution in [0.2, 0.25) is 0 Å². The molecule has 2 aromatic rings. The Morgan fingerprint density at radius 3 is 2.17 bits per heavy atom. The summed E-state index contributed by atoms with van der Waals surface area (Å²) in [7, 11) is 0. The van der Waals surface area contributed by atoms with Gasteiger partial charge in [-0.25, -0.2) is 9.18 Å². The van der Waals surface area contributed by atoms with Gasteiger partial charge in [0.05, 0.1) is 17.5 Å². The van der Waals surface area contributed by atoms with Gasteiger partial charge >= 0.3 is 5.97 Å². The normalized spacial score (nSPS) is 14.5. The summed E-state index contributed by atoms with van der Waals surface area (Å²) in [5.74, 6) is -3.00. The Bertz CT molecular complexity index is 798. The van der Waals surface area contributed by atoms with Crippen molar-refractivity contribution in [3.63, 3.8) is 0 Å². The fourth-order valence-electron chi connectivity index (χ4n) is 2.62. The summed E-state index contributed by atoms with van der Waals surface area (Å²) in [6.45, 7) is 1.67. The second kappa shape index (κ2) is 6.23. The molecule has 2 amide bonds. The zero-order chi connectivity index (χ0) is 17.3. The molecule has 0 radical (unpaired) electrons. The molecule has 0 aromatic heterocycles. The summed E-state index contributed by atoms with van der Waals surface area (Å²) in [5, 5.41) is 0.459. The van der Waals surface area contributed by atoms with Gasteiger partial charge in [0.2, 0.25) is 0 Å². The first kappa shape index (κ1) is 15.9. The van der Waals surface area contributed by atoms with Crippen LogP contribution in [0.15, 0.2) is 48.5 Å². The Morgan fingerprint density at radius 1 is 1.04 bits per heavy atom. The van der Waals surface area contributed by atoms with Crippen LogP contribution in [0, 0.1) is 5.82 Å². The molecule has 0 saturated heterocycles.